The largest absolute Gasteiger partial charge is 0.379 e. The van der Waals surface area contributed by atoms with Crippen molar-refractivity contribution >= 4 is 28.8 Å². The van der Waals surface area contributed by atoms with E-state index in [2.05, 4.69) is 20.5 Å². The summed E-state index contributed by atoms with van der Waals surface area (Å²) in [6.45, 7) is 4.92. The van der Waals surface area contributed by atoms with Crippen molar-refractivity contribution < 1.29 is 14.3 Å². The van der Waals surface area contributed by atoms with Crippen LogP contribution in [0.15, 0.2) is 48.0 Å². The number of hydrazine groups is 1. The van der Waals surface area contributed by atoms with Gasteiger partial charge in [0.05, 0.1) is 23.7 Å². The minimum Gasteiger partial charge on any atom is -0.379 e. The van der Waals surface area contributed by atoms with E-state index in [1.807, 2.05) is 18.2 Å². The van der Waals surface area contributed by atoms with Gasteiger partial charge in [-0.05, 0) is 31.2 Å². The summed E-state index contributed by atoms with van der Waals surface area (Å²) in [5.41, 5.74) is 10.8. The van der Waals surface area contributed by atoms with Crippen LogP contribution >= 0.6 is 11.3 Å². The fraction of sp³-hybridized carbons (Fsp3) is 0.318. The second-order valence-corrected chi connectivity index (χ2v) is 8.32. The standard InChI is InChI=1S/C22H26N6O3S/c23-21(29)17-13-19(32-15-17)20-18(14-24-26-20)28(22(30)16-5-2-1-3-6-16)25-7-4-8-27-9-11-31-12-10-27/h1-3,5-6,13-15,25H,4,7-12H2,(H2,23,29)(H,24,26). The molecular weight excluding hydrogens is 428 g/mol. The quantitative estimate of drug-likeness (QED) is 0.337. The smallest absolute Gasteiger partial charge is 0.272 e. The van der Waals surface area contributed by atoms with Crippen molar-refractivity contribution in [3.63, 3.8) is 0 Å². The zero-order valence-electron chi connectivity index (χ0n) is 17.6. The molecule has 1 fully saturated rings. The number of amides is 2. The van der Waals surface area contributed by atoms with Gasteiger partial charge in [0.2, 0.25) is 5.91 Å². The number of ether oxygens (including phenoxy) is 1. The van der Waals surface area contributed by atoms with E-state index in [-0.39, 0.29) is 5.91 Å². The predicted molar refractivity (Wildman–Crippen MR) is 124 cm³/mol. The number of nitrogens with one attached hydrogen (secondary N) is 2. The first-order valence-electron chi connectivity index (χ1n) is 10.5. The highest BCUT2D eigenvalue weighted by Gasteiger charge is 2.24. The van der Waals surface area contributed by atoms with E-state index in [1.165, 1.54) is 16.3 Å². The fourth-order valence-corrected chi connectivity index (χ4v) is 4.41. The lowest BCUT2D eigenvalue weighted by Crippen LogP contribution is -2.45. The molecule has 0 atom stereocenters. The van der Waals surface area contributed by atoms with Crippen molar-refractivity contribution in [1.82, 2.24) is 20.5 Å². The maximum absolute atomic E-state index is 13.4. The van der Waals surface area contributed by atoms with Gasteiger partial charge >= 0.3 is 0 Å². The Hall–Kier alpha value is -3.05. The van der Waals surface area contributed by atoms with E-state index in [0.717, 1.165) is 44.1 Å². The van der Waals surface area contributed by atoms with E-state index in [4.69, 9.17) is 10.5 Å². The zero-order chi connectivity index (χ0) is 22.3. The first-order chi connectivity index (χ1) is 15.6. The van der Waals surface area contributed by atoms with E-state index >= 15 is 0 Å². The Balaban J connectivity index is 1.53. The van der Waals surface area contributed by atoms with Crippen LogP contribution in [0.3, 0.4) is 0 Å². The molecule has 3 heterocycles. The third kappa shape index (κ3) is 5.22. The number of benzene rings is 1. The van der Waals surface area contributed by atoms with Crippen LogP contribution < -0.4 is 16.2 Å². The number of hydrogen-bond acceptors (Lipinski definition) is 7. The fourth-order valence-electron chi connectivity index (χ4n) is 3.52. The second kappa shape index (κ2) is 10.5. The van der Waals surface area contributed by atoms with Gasteiger partial charge in [-0.25, -0.2) is 10.4 Å². The summed E-state index contributed by atoms with van der Waals surface area (Å²) in [4.78, 5) is 28.0. The first-order valence-corrected chi connectivity index (χ1v) is 11.4. The lowest BCUT2D eigenvalue weighted by atomic mass is 10.2. The molecule has 0 saturated carbocycles. The second-order valence-electron chi connectivity index (χ2n) is 7.41. The average molecular weight is 455 g/mol. The number of rotatable bonds is 9. The highest BCUT2D eigenvalue weighted by molar-refractivity contribution is 7.13. The molecule has 1 saturated heterocycles. The average Bonchev–Trinajstić information content (AvgIpc) is 3.50. The maximum atomic E-state index is 13.4. The molecule has 32 heavy (non-hydrogen) atoms. The Kier molecular flexibility index (Phi) is 7.28. The number of H-pyrrole nitrogens is 1. The third-order valence-corrected chi connectivity index (χ3v) is 6.16. The summed E-state index contributed by atoms with van der Waals surface area (Å²) >= 11 is 1.35. The Morgan fingerprint density at radius 3 is 2.72 bits per heavy atom. The van der Waals surface area contributed by atoms with Crippen LogP contribution in [0.2, 0.25) is 0 Å². The van der Waals surface area contributed by atoms with E-state index in [9.17, 15) is 9.59 Å². The predicted octanol–water partition coefficient (Wildman–Crippen LogP) is 2.11. The summed E-state index contributed by atoms with van der Waals surface area (Å²) in [5.74, 6) is -0.686. The molecular formula is C22H26N6O3S. The van der Waals surface area contributed by atoms with Crippen molar-refractivity contribution in [3.05, 3.63) is 59.1 Å². The van der Waals surface area contributed by atoms with E-state index in [0.29, 0.717) is 29.1 Å². The lowest BCUT2D eigenvalue weighted by Gasteiger charge is -2.27. The topological polar surface area (TPSA) is 117 Å². The van der Waals surface area contributed by atoms with Crippen molar-refractivity contribution in [2.24, 2.45) is 5.73 Å². The molecule has 9 nitrogen and oxygen atoms in total. The van der Waals surface area contributed by atoms with E-state index in [1.54, 1.807) is 29.8 Å². The Morgan fingerprint density at radius 1 is 1.22 bits per heavy atom. The molecule has 1 aromatic carbocycles. The number of carbonyl (C=O) groups is 2. The highest BCUT2D eigenvalue weighted by atomic mass is 32.1. The van der Waals surface area contributed by atoms with Gasteiger partial charge in [0.25, 0.3) is 5.91 Å². The minimum absolute atomic E-state index is 0.189. The maximum Gasteiger partial charge on any atom is 0.272 e. The van der Waals surface area contributed by atoms with Crippen LogP contribution in [0.4, 0.5) is 5.69 Å². The number of anilines is 1. The normalized spacial score (nSPS) is 14.4. The van der Waals surface area contributed by atoms with Crippen LogP contribution in [0.5, 0.6) is 0 Å². The van der Waals surface area contributed by atoms with Crippen molar-refractivity contribution in [2.75, 3.05) is 44.4 Å². The summed E-state index contributed by atoms with van der Waals surface area (Å²) in [6.07, 6.45) is 2.55. The number of carbonyl (C=O) groups excluding carboxylic acids is 2. The number of thiophene rings is 1. The number of aromatic amines is 1. The van der Waals surface area contributed by atoms with Gasteiger partial charge < -0.3 is 10.5 Å². The van der Waals surface area contributed by atoms with Crippen LogP contribution in [0.1, 0.15) is 27.1 Å². The number of nitrogens with zero attached hydrogens (tertiary/aromatic N) is 3. The zero-order valence-corrected chi connectivity index (χ0v) is 18.4. The summed E-state index contributed by atoms with van der Waals surface area (Å²) in [6, 6.07) is 10.8. The number of nitrogens with two attached hydrogens (primary N) is 1. The number of aromatic nitrogens is 2. The molecule has 0 spiro atoms. The Morgan fingerprint density at radius 2 is 2.00 bits per heavy atom. The van der Waals surface area contributed by atoms with Gasteiger partial charge in [-0.1, -0.05) is 18.2 Å². The molecule has 10 heteroatoms. The molecule has 0 bridgehead atoms. The lowest BCUT2D eigenvalue weighted by molar-refractivity contribution is 0.0374. The van der Waals surface area contributed by atoms with Crippen LogP contribution in [-0.4, -0.2) is 66.3 Å². The molecule has 0 unspecified atom stereocenters. The highest BCUT2D eigenvalue weighted by Crippen LogP contribution is 2.33. The van der Waals surface area contributed by atoms with Gasteiger partial charge in [-0.15, -0.1) is 11.3 Å². The molecule has 2 aromatic heterocycles. The SMILES string of the molecule is NC(=O)c1csc(-c2n[nH]cc2N(NCCCN2CCOCC2)C(=O)c2ccccc2)c1. The van der Waals surface area contributed by atoms with Gasteiger partial charge in [-0.3, -0.25) is 19.6 Å². The molecule has 4 N–H and O–H groups in total. The summed E-state index contributed by atoms with van der Waals surface area (Å²) < 4.78 is 5.40. The molecule has 0 aliphatic carbocycles. The molecule has 1 aliphatic heterocycles. The van der Waals surface area contributed by atoms with E-state index < -0.39 is 5.91 Å². The van der Waals surface area contributed by atoms with Gasteiger partial charge in [0.15, 0.2) is 0 Å². The number of hydrogen-bond donors (Lipinski definition) is 3. The van der Waals surface area contributed by atoms with Gasteiger partial charge in [0, 0.05) is 36.8 Å². The minimum atomic E-state index is -0.497. The van der Waals surface area contributed by atoms with Crippen molar-refractivity contribution in [2.45, 2.75) is 6.42 Å². The number of morpholine rings is 1. The Bertz CT molecular complexity index is 1040. The third-order valence-electron chi connectivity index (χ3n) is 5.23. The molecule has 0 radical (unpaired) electrons. The van der Waals surface area contributed by atoms with Crippen LogP contribution in [-0.2, 0) is 4.74 Å². The number of primary amides is 1. The molecule has 3 aromatic rings. The molecule has 168 valence electrons. The first kappa shape index (κ1) is 22.2. The van der Waals surface area contributed by atoms with Crippen molar-refractivity contribution in [3.8, 4) is 10.6 Å². The van der Waals surface area contributed by atoms with Crippen molar-refractivity contribution in [1.29, 1.82) is 0 Å². The molecule has 2 amide bonds. The Labute approximate surface area is 190 Å². The summed E-state index contributed by atoms with van der Waals surface area (Å²) in [7, 11) is 0. The van der Waals surface area contributed by atoms with Crippen LogP contribution in [0.25, 0.3) is 10.6 Å². The van der Waals surface area contributed by atoms with Gasteiger partial charge in [-0.2, -0.15) is 5.10 Å². The summed E-state index contributed by atoms with van der Waals surface area (Å²) in [5, 5.41) is 10.4. The molecule has 4 rings (SSSR count). The monoisotopic (exact) mass is 454 g/mol. The van der Waals surface area contributed by atoms with Crippen LogP contribution in [0, 0.1) is 0 Å². The van der Waals surface area contributed by atoms with Gasteiger partial charge in [0.1, 0.15) is 11.4 Å². The molecule has 1 aliphatic rings.